The standard InChI is InChI=1S/C34H32FN7O5S/c1-41(2)33(43)26-11-9-24(19-28(26)35)37-34(44)39-30-12-8-23(20-36-30)31-38-29-18-22(21-5-4-6-25(17-21)48(3,45)46)7-10-27(29)32(40-31)42-13-15-47-16-14-42/h4-12,17-20H,13-16H2,1-3H3,(H2,36,37,39,44). The molecule has 0 bridgehead atoms. The lowest BCUT2D eigenvalue weighted by molar-refractivity contribution is 0.0823. The third kappa shape index (κ3) is 7.09. The van der Waals surface area contributed by atoms with Crippen molar-refractivity contribution in [2.45, 2.75) is 4.90 Å². The van der Waals surface area contributed by atoms with Crippen LogP contribution in [-0.4, -0.2) is 86.9 Å². The fraction of sp³-hybridized carbons (Fsp3) is 0.206. The van der Waals surface area contributed by atoms with Crippen LogP contribution in [0.1, 0.15) is 10.4 Å². The lowest BCUT2D eigenvalue weighted by Crippen LogP contribution is -2.37. The topological polar surface area (TPSA) is 147 Å². The molecule has 1 aliphatic heterocycles. The largest absolute Gasteiger partial charge is 0.378 e. The van der Waals surface area contributed by atoms with Crippen molar-refractivity contribution in [3.05, 3.63) is 90.4 Å². The maximum absolute atomic E-state index is 14.5. The smallest absolute Gasteiger partial charge is 0.324 e. The van der Waals surface area contributed by atoms with E-state index in [1.165, 1.54) is 37.4 Å². The van der Waals surface area contributed by atoms with Crippen molar-refractivity contribution >= 4 is 50.0 Å². The summed E-state index contributed by atoms with van der Waals surface area (Å²) in [7, 11) is -0.338. The van der Waals surface area contributed by atoms with Gasteiger partial charge in [0.25, 0.3) is 5.91 Å². The van der Waals surface area contributed by atoms with Gasteiger partial charge < -0.3 is 19.9 Å². The van der Waals surface area contributed by atoms with Crippen LogP contribution in [0.5, 0.6) is 0 Å². The maximum atomic E-state index is 14.5. The van der Waals surface area contributed by atoms with Crippen molar-refractivity contribution in [3.63, 3.8) is 0 Å². The minimum atomic E-state index is -3.38. The first-order valence-electron chi connectivity index (χ1n) is 15.0. The number of ether oxygens (including phenoxy) is 1. The van der Waals surface area contributed by atoms with Crippen LogP contribution in [0.25, 0.3) is 33.4 Å². The summed E-state index contributed by atoms with van der Waals surface area (Å²) in [5.74, 6) is 0.146. The van der Waals surface area contributed by atoms with Gasteiger partial charge in [-0.1, -0.05) is 18.2 Å². The van der Waals surface area contributed by atoms with Crippen molar-refractivity contribution in [2.75, 3.05) is 62.2 Å². The molecule has 12 nitrogen and oxygen atoms in total. The lowest BCUT2D eigenvalue weighted by Gasteiger charge is -2.29. The van der Waals surface area contributed by atoms with E-state index in [1.807, 2.05) is 24.3 Å². The molecular formula is C34H32FN7O5S. The zero-order valence-electron chi connectivity index (χ0n) is 26.4. The van der Waals surface area contributed by atoms with Gasteiger partial charge in [-0.15, -0.1) is 0 Å². The summed E-state index contributed by atoms with van der Waals surface area (Å²) in [5.41, 5.74) is 2.87. The van der Waals surface area contributed by atoms with Crippen molar-refractivity contribution in [1.82, 2.24) is 19.9 Å². The molecule has 0 unspecified atom stereocenters. The second kappa shape index (κ2) is 13.3. The summed E-state index contributed by atoms with van der Waals surface area (Å²) < 4.78 is 44.4. The van der Waals surface area contributed by atoms with Crippen LogP contribution in [0.2, 0.25) is 0 Å². The molecule has 3 heterocycles. The number of carbonyl (C=O) groups is 2. The monoisotopic (exact) mass is 669 g/mol. The van der Waals surface area contributed by atoms with E-state index in [9.17, 15) is 22.4 Å². The van der Waals surface area contributed by atoms with E-state index in [-0.39, 0.29) is 22.0 Å². The predicted molar refractivity (Wildman–Crippen MR) is 181 cm³/mol. The number of nitrogens with zero attached hydrogens (tertiary/aromatic N) is 5. The second-order valence-electron chi connectivity index (χ2n) is 11.4. The highest BCUT2D eigenvalue weighted by Gasteiger charge is 2.20. The highest BCUT2D eigenvalue weighted by Crippen LogP contribution is 2.32. The molecule has 2 aromatic heterocycles. The summed E-state index contributed by atoms with van der Waals surface area (Å²) >= 11 is 0. The van der Waals surface area contributed by atoms with E-state index in [2.05, 4.69) is 20.5 Å². The number of pyridine rings is 1. The van der Waals surface area contributed by atoms with Crippen molar-refractivity contribution in [1.29, 1.82) is 0 Å². The van der Waals surface area contributed by atoms with Gasteiger partial charge in [-0.2, -0.15) is 0 Å². The van der Waals surface area contributed by atoms with Gasteiger partial charge in [-0.25, -0.2) is 32.6 Å². The Bertz CT molecular complexity index is 2140. The van der Waals surface area contributed by atoms with Gasteiger partial charge in [-0.05, 0) is 65.7 Å². The molecule has 0 spiro atoms. The Labute approximate surface area is 276 Å². The molecule has 2 N–H and O–H groups in total. The number of hydrogen-bond donors (Lipinski definition) is 2. The number of anilines is 3. The number of benzene rings is 3. The fourth-order valence-corrected chi connectivity index (χ4v) is 5.90. The van der Waals surface area contributed by atoms with Gasteiger partial charge >= 0.3 is 6.03 Å². The zero-order valence-corrected chi connectivity index (χ0v) is 27.2. The number of fused-ring (bicyclic) bond motifs is 1. The number of urea groups is 1. The van der Waals surface area contributed by atoms with Crippen LogP contribution in [0.4, 0.5) is 26.5 Å². The molecule has 48 heavy (non-hydrogen) atoms. The summed E-state index contributed by atoms with van der Waals surface area (Å²) in [4.78, 5) is 42.5. The third-order valence-electron chi connectivity index (χ3n) is 7.71. The van der Waals surface area contributed by atoms with Crippen molar-refractivity contribution in [2.24, 2.45) is 0 Å². The molecular weight excluding hydrogens is 637 g/mol. The molecule has 14 heteroatoms. The van der Waals surface area contributed by atoms with Crippen LogP contribution in [0.3, 0.4) is 0 Å². The Hall–Kier alpha value is -5.47. The van der Waals surface area contributed by atoms with Gasteiger partial charge in [-0.3, -0.25) is 10.1 Å². The molecule has 3 amide bonds. The molecule has 5 aromatic rings. The van der Waals surface area contributed by atoms with E-state index in [1.54, 1.807) is 36.5 Å². The van der Waals surface area contributed by atoms with Gasteiger partial charge in [0.05, 0.1) is 29.2 Å². The first kappa shape index (κ1) is 32.5. The number of halogens is 1. The molecule has 0 saturated carbocycles. The normalized spacial score (nSPS) is 13.3. The Balaban J connectivity index is 1.27. The zero-order chi connectivity index (χ0) is 34.0. The number of hydrogen-bond acceptors (Lipinski definition) is 9. The van der Waals surface area contributed by atoms with Gasteiger partial charge in [0.2, 0.25) is 0 Å². The number of carbonyl (C=O) groups excluding carboxylic acids is 2. The summed E-state index contributed by atoms with van der Waals surface area (Å²) in [6.45, 7) is 2.43. The Morgan fingerprint density at radius 3 is 2.33 bits per heavy atom. The summed E-state index contributed by atoms with van der Waals surface area (Å²) in [6.07, 6.45) is 2.72. The van der Waals surface area contributed by atoms with Gasteiger partial charge in [0.15, 0.2) is 15.7 Å². The average Bonchev–Trinajstić information content (AvgIpc) is 3.07. The average molecular weight is 670 g/mol. The van der Waals surface area contributed by atoms with Crippen LogP contribution < -0.4 is 15.5 Å². The SMILES string of the molecule is CN(C)C(=O)c1ccc(NC(=O)Nc2ccc(-c3nc(N4CCOCC4)c4ccc(-c5cccc(S(C)(=O)=O)c5)cc4n3)cn2)cc1F. The highest BCUT2D eigenvalue weighted by atomic mass is 32.2. The summed E-state index contributed by atoms with van der Waals surface area (Å²) in [6, 6.07) is 19.1. The molecule has 1 aliphatic rings. The summed E-state index contributed by atoms with van der Waals surface area (Å²) in [5, 5.41) is 5.99. The van der Waals surface area contributed by atoms with E-state index in [0.29, 0.717) is 43.2 Å². The van der Waals surface area contributed by atoms with Gasteiger partial charge in [0, 0.05) is 56.3 Å². The second-order valence-corrected chi connectivity index (χ2v) is 13.4. The fourth-order valence-electron chi connectivity index (χ4n) is 5.23. The highest BCUT2D eigenvalue weighted by molar-refractivity contribution is 7.90. The van der Waals surface area contributed by atoms with Crippen molar-refractivity contribution in [3.8, 4) is 22.5 Å². The first-order valence-corrected chi connectivity index (χ1v) is 16.9. The van der Waals surface area contributed by atoms with Crippen molar-refractivity contribution < 1.29 is 27.1 Å². The van der Waals surface area contributed by atoms with E-state index in [0.717, 1.165) is 28.4 Å². The third-order valence-corrected chi connectivity index (χ3v) is 8.82. The predicted octanol–water partition coefficient (Wildman–Crippen LogP) is 5.08. The Morgan fingerprint density at radius 1 is 0.896 bits per heavy atom. The molecule has 1 saturated heterocycles. The number of morpholine rings is 1. The molecule has 0 atom stereocenters. The molecule has 6 rings (SSSR count). The number of rotatable bonds is 7. The lowest BCUT2D eigenvalue weighted by atomic mass is 10.0. The van der Waals surface area contributed by atoms with E-state index >= 15 is 0 Å². The van der Waals surface area contributed by atoms with Crippen LogP contribution >= 0.6 is 0 Å². The van der Waals surface area contributed by atoms with Gasteiger partial charge in [0.1, 0.15) is 17.5 Å². The number of amides is 3. The Morgan fingerprint density at radius 2 is 1.65 bits per heavy atom. The molecule has 0 aliphatic carbocycles. The minimum absolute atomic E-state index is 0.103. The maximum Gasteiger partial charge on any atom is 0.324 e. The molecule has 3 aromatic carbocycles. The van der Waals surface area contributed by atoms with E-state index in [4.69, 9.17) is 14.7 Å². The quantitative estimate of drug-likeness (QED) is 0.242. The molecule has 1 fully saturated rings. The van der Waals surface area contributed by atoms with E-state index < -0.39 is 27.6 Å². The molecule has 0 radical (unpaired) electrons. The number of aromatic nitrogens is 3. The van der Waals surface area contributed by atoms with Crippen LogP contribution in [0.15, 0.2) is 83.9 Å². The first-order chi connectivity index (χ1) is 23.0. The molecule has 246 valence electrons. The van der Waals surface area contributed by atoms with Crippen LogP contribution in [-0.2, 0) is 14.6 Å². The Kier molecular flexibility index (Phi) is 9.02. The minimum Gasteiger partial charge on any atom is -0.378 e. The van der Waals surface area contributed by atoms with Crippen LogP contribution in [0, 0.1) is 5.82 Å². The number of nitrogens with one attached hydrogen (secondary N) is 2. The number of sulfone groups is 1.